The summed E-state index contributed by atoms with van der Waals surface area (Å²) in [6, 6.07) is 0.397. The van der Waals surface area contributed by atoms with E-state index >= 15 is 0 Å². The topological polar surface area (TPSA) is 194 Å². The van der Waals surface area contributed by atoms with Crippen LogP contribution in [0.2, 0.25) is 0 Å². The van der Waals surface area contributed by atoms with Crippen molar-refractivity contribution in [3.05, 3.63) is 34.1 Å². The monoisotopic (exact) mass is 686 g/mol. The molecule has 0 bridgehead atoms. The van der Waals surface area contributed by atoms with Gasteiger partial charge >= 0.3 is 0 Å². The minimum atomic E-state index is -2.72. The Morgan fingerprint density at radius 3 is 2.27 bits per heavy atom. The van der Waals surface area contributed by atoms with Gasteiger partial charge in [-0.3, -0.25) is 24.1 Å². The van der Waals surface area contributed by atoms with E-state index in [2.05, 4.69) is 21.2 Å². The maximum atomic E-state index is 14.0. The van der Waals surface area contributed by atoms with Crippen LogP contribution in [0.15, 0.2) is 23.0 Å². The van der Waals surface area contributed by atoms with Gasteiger partial charge in [0.1, 0.15) is 22.8 Å². The highest BCUT2D eigenvalue weighted by molar-refractivity contribution is 9.10. The van der Waals surface area contributed by atoms with E-state index in [1.165, 1.54) is 4.90 Å². The fourth-order valence-electron chi connectivity index (χ4n) is 6.02. The Morgan fingerprint density at radius 2 is 1.77 bits per heavy atom. The van der Waals surface area contributed by atoms with Crippen molar-refractivity contribution in [3.8, 4) is 5.75 Å². The van der Waals surface area contributed by atoms with Crippen LogP contribution < -0.4 is 16.0 Å². The first-order chi connectivity index (χ1) is 18.0. The number of likely N-dealkylation sites (N-methyl/N-ethyl adjacent to an activating group) is 1. The lowest BCUT2D eigenvalue weighted by Gasteiger charge is -2.50. The largest absolute Gasteiger partial charge is 0.508 e. The third-order valence-corrected chi connectivity index (χ3v) is 8.21. The molecule has 40 heavy (non-hydrogen) atoms. The molecule has 3 aliphatic rings. The fourth-order valence-corrected chi connectivity index (χ4v) is 6.13. The van der Waals surface area contributed by atoms with Crippen LogP contribution in [0.4, 0.5) is 11.4 Å². The van der Waals surface area contributed by atoms with E-state index in [-0.39, 0.29) is 46.6 Å². The Labute approximate surface area is 249 Å². The quantitative estimate of drug-likeness (QED) is 0.149. The van der Waals surface area contributed by atoms with Gasteiger partial charge in [-0.1, -0.05) is 15.9 Å². The number of rotatable bonds is 5. The second-order valence-corrected chi connectivity index (χ2v) is 12.0. The molecule has 3 aliphatic carbocycles. The summed E-state index contributed by atoms with van der Waals surface area (Å²) < 4.78 is 0. The summed E-state index contributed by atoms with van der Waals surface area (Å²) in [5.41, 5.74) is 2.43. The van der Waals surface area contributed by atoms with Crippen molar-refractivity contribution in [1.29, 1.82) is 0 Å². The molecule has 0 spiro atoms. The Kier molecular flexibility index (Phi) is 8.53. The molecule has 0 aliphatic heterocycles. The van der Waals surface area contributed by atoms with Gasteiger partial charge in [0.2, 0.25) is 11.7 Å². The van der Waals surface area contributed by atoms with E-state index in [0.29, 0.717) is 11.3 Å². The molecule has 1 fully saturated rings. The second kappa shape index (κ2) is 10.8. The first-order valence-corrected chi connectivity index (χ1v) is 13.1. The fraction of sp³-hybridized carbons (Fsp3) is 0.462. The molecule has 0 heterocycles. The summed E-state index contributed by atoms with van der Waals surface area (Å²) in [5.74, 6) is -7.79. The molecule has 1 saturated carbocycles. The molecular weight excluding hydrogens is 656 g/mol. The Morgan fingerprint density at radius 1 is 1.18 bits per heavy atom. The molecule has 0 radical (unpaired) electrons. The van der Waals surface area contributed by atoms with E-state index in [1.807, 2.05) is 0 Å². The van der Waals surface area contributed by atoms with Crippen LogP contribution in [0.25, 0.3) is 5.76 Å². The number of fused-ring (bicyclic) bond motifs is 3. The van der Waals surface area contributed by atoms with Crippen LogP contribution in [0, 0.1) is 11.8 Å². The van der Waals surface area contributed by atoms with Gasteiger partial charge < -0.3 is 36.4 Å². The lowest BCUT2D eigenvalue weighted by Crippen LogP contribution is -2.65. The average Bonchev–Trinajstić information content (AvgIpc) is 2.82. The summed E-state index contributed by atoms with van der Waals surface area (Å²) in [6.45, 7) is 1.59. The zero-order valence-corrected chi connectivity index (χ0v) is 25.8. The third kappa shape index (κ3) is 4.50. The molecular formula is C26H32Br2N4O8. The van der Waals surface area contributed by atoms with Gasteiger partial charge in [-0.05, 0) is 51.4 Å². The summed E-state index contributed by atoms with van der Waals surface area (Å²) in [5, 5.41) is 47.8. The highest BCUT2D eigenvalue weighted by Gasteiger charge is 2.64. The number of hydrogen-bond donors (Lipinski definition) is 6. The lowest BCUT2D eigenvalue weighted by atomic mass is 9.57. The van der Waals surface area contributed by atoms with Crippen LogP contribution in [-0.2, 0) is 25.6 Å². The summed E-state index contributed by atoms with van der Waals surface area (Å²) >= 11 is 3.16. The standard InChI is InChI=1S/C26H31BrN4O8.BrH/c1-9(27)25(38)29-13-8-14(30(2)3)11-6-10-7-12-18(31(4)5)21(34)17(24(28)37)23(36)26(12,39)22(35)15(10)20(33)16(11)19(13)32;/h8-10,12,18,32-33,36,39H,6-7H2,1-5H3,(H2,28,37)(H,29,38);1H/t9?,10?,12?,18-,26?;/m0./s1. The number of carbonyl (C=O) groups is 4. The van der Waals surface area contributed by atoms with Crippen molar-refractivity contribution >= 4 is 73.4 Å². The van der Waals surface area contributed by atoms with Crippen LogP contribution >= 0.6 is 32.9 Å². The van der Waals surface area contributed by atoms with Crippen molar-refractivity contribution in [1.82, 2.24) is 4.90 Å². The number of nitrogens with one attached hydrogen (secondary N) is 1. The SMILES string of the molecule is Br.CC(Br)C(=O)Nc1cc(N(C)C)c2c(c1O)C(O)=C1C(=O)C3(O)C(O)=C(C(N)=O)C(=O)[C@@H](N(C)C)C3CC1C2. The predicted octanol–water partition coefficient (Wildman–Crippen LogP) is 1.33. The average molecular weight is 688 g/mol. The van der Waals surface area contributed by atoms with Crippen LogP contribution in [-0.4, -0.2) is 93.4 Å². The number of nitrogens with zero attached hydrogens (tertiary/aromatic N) is 2. The number of hydrogen-bond acceptors (Lipinski definition) is 10. The number of primary amides is 1. The van der Waals surface area contributed by atoms with Crippen molar-refractivity contribution < 1.29 is 39.6 Å². The number of phenols is 1. The van der Waals surface area contributed by atoms with Gasteiger partial charge in [-0.15, -0.1) is 17.0 Å². The Hall–Kier alpha value is -2.94. The van der Waals surface area contributed by atoms with Gasteiger partial charge in [-0.2, -0.15) is 0 Å². The second-order valence-electron chi connectivity index (χ2n) is 10.6. The van der Waals surface area contributed by atoms with E-state index in [1.54, 1.807) is 46.1 Å². The maximum absolute atomic E-state index is 14.0. The molecule has 1 aromatic carbocycles. The maximum Gasteiger partial charge on any atom is 0.255 e. The summed E-state index contributed by atoms with van der Waals surface area (Å²) in [7, 11) is 6.56. The number of Topliss-reactive ketones (excluding diaryl/α,β-unsaturated/α-hetero) is 2. The molecule has 4 unspecified atom stereocenters. The molecule has 218 valence electrons. The first kappa shape index (κ1) is 31.6. The van der Waals surface area contributed by atoms with Gasteiger partial charge in [0.15, 0.2) is 11.4 Å². The number of carbonyl (C=O) groups excluding carboxylic acids is 4. The highest BCUT2D eigenvalue weighted by atomic mass is 79.9. The minimum absolute atomic E-state index is 0. The molecule has 7 N–H and O–H groups in total. The Balaban J connectivity index is 0.00000441. The van der Waals surface area contributed by atoms with Crippen LogP contribution in [0.3, 0.4) is 0 Å². The number of aliphatic hydroxyl groups is 3. The zero-order chi connectivity index (χ0) is 29.3. The molecule has 1 aromatic rings. The molecule has 12 nitrogen and oxygen atoms in total. The number of benzene rings is 1. The number of aliphatic hydroxyl groups excluding tert-OH is 2. The molecule has 4 rings (SSSR count). The van der Waals surface area contributed by atoms with Crippen LogP contribution in [0.1, 0.15) is 24.5 Å². The lowest BCUT2D eigenvalue weighted by molar-refractivity contribution is -0.153. The van der Waals surface area contributed by atoms with Crippen LogP contribution in [0.5, 0.6) is 5.75 Å². The highest BCUT2D eigenvalue weighted by Crippen LogP contribution is 2.54. The van der Waals surface area contributed by atoms with Crippen molar-refractivity contribution in [3.63, 3.8) is 0 Å². The first-order valence-electron chi connectivity index (χ1n) is 12.2. The van der Waals surface area contributed by atoms with Gasteiger partial charge in [0, 0.05) is 31.3 Å². The molecule has 2 amide bonds. The van der Waals surface area contributed by atoms with Gasteiger partial charge in [0.05, 0.1) is 22.1 Å². The van der Waals surface area contributed by atoms with E-state index < -0.39 is 74.5 Å². The van der Waals surface area contributed by atoms with E-state index in [9.17, 15) is 39.6 Å². The van der Waals surface area contributed by atoms with Gasteiger partial charge in [-0.25, -0.2) is 0 Å². The third-order valence-electron chi connectivity index (χ3n) is 7.80. The molecule has 0 saturated heterocycles. The Bertz CT molecular complexity index is 1390. The summed E-state index contributed by atoms with van der Waals surface area (Å²) in [6.07, 6.45) is 0.123. The molecule has 14 heteroatoms. The number of phenolic OH excluding ortho intramolecular Hbond substituents is 1. The number of anilines is 2. The minimum Gasteiger partial charge on any atom is -0.508 e. The number of halogens is 2. The molecule has 0 aromatic heterocycles. The van der Waals surface area contributed by atoms with Crippen molar-refractivity contribution in [2.75, 3.05) is 38.4 Å². The normalized spacial score (nSPS) is 26.4. The van der Waals surface area contributed by atoms with Gasteiger partial charge in [0.25, 0.3) is 5.91 Å². The number of nitrogens with two attached hydrogens (primary N) is 1. The van der Waals surface area contributed by atoms with Crippen molar-refractivity contribution in [2.45, 2.75) is 36.2 Å². The van der Waals surface area contributed by atoms with E-state index in [0.717, 1.165) is 0 Å². The predicted molar refractivity (Wildman–Crippen MR) is 156 cm³/mol. The smallest absolute Gasteiger partial charge is 0.255 e. The number of alkyl halides is 1. The van der Waals surface area contributed by atoms with Crippen molar-refractivity contribution in [2.24, 2.45) is 17.6 Å². The van der Waals surface area contributed by atoms with E-state index in [4.69, 9.17) is 5.73 Å². The summed E-state index contributed by atoms with van der Waals surface area (Å²) in [4.78, 5) is 54.2. The zero-order valence-electron chi connectivity index (χ0n) is 22.5. The molecule has 5 atom stereocenters. The number of ketones is 2. The number of amides is 2. The number of aromatic hydroxyl groups is 1.